The Morgan fingerprint density at radius 3 is 2.41 bits per heavy atom. The topological polar surface area (TPSA) is 59.9 Å². The van der Waals surface area contributed by atoms with Crippen molar-refractivity contribution in [2.45, 2.75) is 89.6 Å². The normalized spacial score (nSPS) is 22.7. The molecule has 6 rings (SSSR count). The molecule has 3 heterocycles. The highest BCUT2D eigenvalue weighted by Gasteiger charge is 2.43. The SMILES string of the molecule is CCCN(c1nc(Cc2ccc(F)cc2)c(C)s1)C1CCN(C[C@H]2CN([C@@H](C(=O)O)C3CCCCC3)C[C@@H]2c2ccccc2)CC1. The second-order valence-electron chi connectivity index (χ2n) is 13.9. The Morgan fingerprint density at radius 2 is 1.74 bits per heavy atom. The highest BCUT2D eigenvalue weighted by Crippen LogP contribution is 2.39. The second-order valence-corrected chi connectivity index (χ2v) is 15.1. The highest BCUT2D eigenvalue weighted by atomic mass is 32.1. The van der Waals surface area contributed by atoms with Gasteiger partial charge in [0.15, 0.2) is 5.13 Å². The number of benzene rings is 2. The Hall–Kier alpha value is -2.81. The summed E-state index contributed by atoms with van der Waals surface area (Å²) >= 11 is 1.79. The molecule has 1 aliphatic carbocycles. The van der Waals surface area contributed by atoms with Crippen LogP contribution in [0.2, 0.25) is 0 Å². The average Bonchev–Trinajstić information content (AvgIpc) is 3.64. The zero-order valence-corrected chi connectivity index (χ0v) is 28.4. The number of rotatable bonds is 12. The maximum Gasteiger partial charge on any atom is 0.321 e. The van der Waals surface area contributed by atoms with Crippen molar-refractivity contribution in [3.63, 3.8) is 0 Å². The van der Waals surface area contributed by atoms with Gasteiger partial charge in [0.25, 0.3) is 0 Å². The first-order chi connectivity index (χ1) is 22.4. The van der Waals surface area contributed by atoms with E-state index in [0.717, 1.165) is 107 Å². The van der Waals surface area contributed by atoms with Gasteiger partial charge in [0.1, 0.15) is 11.9 Å². The molecular formula is C38H51FN4O2S. The number of likely N-dealkylation sites (tertiary alicyclic amines) is 2. The third kappa shape index (κ3) is 7.83. The molecule has 1 saturated carbocycles. The lowest BCUT2D eigenvalue weighted by Crippen LogP contribution is -2.48. The van der Waals surface area contributed by atoms with Gasteiger partial charge in [-0.25, -0.2) is 9.37 Å². The van der Waals surface area contributed by atoms with Gasteiger partial charge >= 0.3 is 5.97 Å². The monoisotopic (exact) mass is 646 g/mol. The van der Waals surface area contributed by atoms with E-state index in [4.69, 9.17) is 4.98 Å². The van der Waals surface area contributed by atoms with E-state index in [0.29, 0.717) is 17.9 Å². The highest BCUT2D eigenvalue weighted by molar-refractivity contribution is 7.15. The fourth-order valence-corrected chi connectivity index (χ4v) is 9.44. The molecule has 2 aromatic carbocycles. The third-order valence-electron chi connectivity index (χ3n) is 10.8. The number of aryl methyl sites for hydroxylation is 1. The quantitative estimate of drug-likeness (QED) is 0.219. The summed E-state index contributed by atoms with van der Waals surface area (Å²) in [6.07, 6.45) is 9.67. The lowest BCUT2D eigenvalue weighted by molar-refractivity contribution is -0.145. The van der Waals surface area contributed by atoms with Crippen LogP contribution < -0.4 is 4.90 Å². The number of carbonyl (C=O) groups is 1. The number of carboxylic acids is 1. The van der Waals surface area contributed by atoms with Crippen LogP contribution in [0.1, 0.15) is 85.9 Å². The van der Waals surface area contributed by atoms with E-state index >= 15 is 0 Å². The molecule has 46 heavy (non-hydrogen) atoms. The van der Waals surface area contributed by atoms with E-state index in [1.165, 1.54) is 29.0 Å². The van der Waals surface area contributed by atoms with Crippen molar-refractivity contribution in [1.29, 1.82) is 0 Å². The van der Waals surface area contributed by atoms with Crippen molar-refractivity contribution < 1.29 is 14.3 Å². The van der Waals surface area contributed by atoms with Gasteiger partial charge in [0.2, 0.25) is 0 Å². The number of anilines is 1. The fourth-order valence-electron chi connectivity index (χ4n) is 8.42. The summed E-state index contributed by atoms with van der Waals surface area (Å²) in [6.45, 7) is 10.2. The second kappa shape index (κ2) is 15.4. The van der Waals surface area contributed by atoms with E-state index in [2.05, 4.69) is 58.9 Å². The molecule has 2 saturated heterocycles. The fraction of sp³-hybridized carbons (Fsp3) is 0.579. The molecule has 0 spiro atoms. The van der Waals surface area contributed by atoms with Crippen LogP contribution in [0, 0.1) is 24.6 Å². The summed E-state index contributed by atoms with van der Waals surface area (Å²) in [7, 11) is 0. The van der Waals surface area contributed by atoms with Crippen molar-refractivity contribution in [2.75, 3.05) is 44.2 Å². The van der Waals surface area contributed by atoms with Gasteiger partial charge in [-0.1, -0.05) is 68.7 Å². The molecule has 6 nitrogen and oxygen atoms in total. The molecule has 1 aromatic heterocycles. The summed E-state index contributed by atoms with van der Waals surface area (Å²) < 4.78 is 13.4. The number of thiazole rings is 1. The molecule has 0 amide bonds. The van der Waals surface area contributed by atoms with E-state index in [9.17, 15) is 14.3 Å². The molecule has 248 valence electrons. The number of hydrogen-bond acceptors (Lipinski definition) is 6. The summed E-state index contributed by atoms with van der Waals surface area (Å²) in [5, 5.41) is 11.5. The standard InChI is InChI=1S/C38H51FN4O2S/c1-3-20-43(38-40-35(27(2)46-38)23-28-14-16-32(39)17-15-28)33-18-21-41(22-19-33)24-31-25-42(26-34(31)29-10-6-4-7-11-29)36(37(44)45)30-12-8-5-9-13-30/h4,6-7,10-11,14-17,30-31,33-34,36H,3,5,8-9,12-13,18-26H2,1-2H3,(H,44,45)/t31-,34+,36+/m0/s1. The smallest absolute Gasteiger partial charge is 0.321 e. The van der Waals surface area contributed by atoms with Crippen LogP contribution in [0.4, 0.5) is 9.52 Å². The number of hydrogen-bond donors (Lipinski definition) is 1. The van der Waals surface area contributed by atoms with Crippen molar-refractivity contribution >= 4 is 22.4 Å². The minimum atomic E-state index is -0.630. The predicted molar refractivity (Wildman–Crippen MR) is 185 cm³/mol. The van der Waals surface area contributed by atoms with E-state index in [1.54, 1.807) is 11.3 Å². The van der Waals surface area contributed by atoms with Crippen molar-refractivity contribution in [3.8, 4) is 0 Å². The summed E-state index contributed by atoms with van der Waals surface area (Å²) in [4.78, 5) is 26.6. The number of nitrogens with zero attached hydrogens (tertiary/aromatic N) is 4. The summed E-state index contributed by atoms with van der Waals surface area (Å²) in [5.41, 5.74) is 3.53. The Morgan fingerprint density at radius 1 is 1.02 bits per heavy atom. The van der Waals surface area contributed by atoms with Crippen molar-refractivity contribution in [1.82, 2.24) is 14.8 Å². The number of halogens is 1. The average molecular weight is 647 g/mol. The zero-order valence-electron chi connectivity index (χ0n) is 27.6. The van der Waals surface area contributed by atoms with Gasteiger partial charge < -0.3 is 14.9 Å². The third-order valence-corrected chi connectivity index (χ3v) is 11.9. The molecule has 0 unspecified atom stereocenters. The maximum atomic E-state index is 13.4. The molecule has 3 aromatic rings. The van der Waals surface area contributed by atoms with Crippen LogP contribution in [-0.4, -0.2) is 77.2 Å². The minimum absolute atomic E-state index is 0.204. The molecule has 3 fully saturated rings. The Balaban J connectivity index is 1.11. The minimum Gasteiger partial charge on any atom is -0.480 e. The summed E-state index contributed by atoms with van der Waals surface area (Å²) in [6, 6.07) is 17.7. The molecule has 0 bridgehead atoms. The van der Waals surface area contributed by atoms with Gasteiger partial charge in [0, 0.05) is 62.5 Å². The van der Waals surface area contributed by atoms with E-state index in [1.807, 2.05) is 12.1 Å². The van der Waals surface area contributed by atoms with Crippen LogP contribution >= 0.6 is 11.3 Å². The lowest BCUT2D eigenvalue weighted by Gasteiger charge is -2.39. The zero-order chi connectivity index (χ0) is 32.0. The van der Waals surface area contributed by atoms with Gasteiger partial charge in [-0.05, 0) is 74.1 Å². The van der Waals surface area contributed by atoms with Crippen LogP contribution in [0.25, 0.3) is 0 Å². The van der Waals surface area contributed by atoms with E-state index in [-0.39, 0.29) is 17.8 Å². The number of carboxylic acid groups (broad SMARTS) is 1. The molecule has 0 radical (unpaired) electrons. The molecule has 3 aliphatic rings. The van der Waals surface area contributed by atoms with Crippen LogP contribution in [-0.2, 0) is 11.2 Å². The Labute approximate surface area is 278 Å². The Kier molecular flexibility index (Phi) is 11.1. The molecular weight excluding hydrogens is 596 g/mol. The molecule has 2 aliphatic heterocycles. The van der Waals surface area contributed by atoms with Gasteiger partial charge in [-0.15, -0.1) is 11.3 Å². The summed E-state index contributed by atoms with van der Waals surface area (Å²) in [5.74, 6) is 0.219. The molecule has 1 N–H and O–H groups in total. The first kappa shape index (κ1) is 33.1. The van der Waals surface area contributed by atoms with Crippen LogP contribution in [0.5, 0.6) is 0 Å². The maximum absolute atomic E-state index is 13.4. The van der Waals surface area contributed by atoms with Crippen molar-refractivity contribution in [2.24, 2.45) is 11.8 Å². The Bertz CT molecular complexity index is 1400. The van der Waals surface area contributed by atoms with Crippen molar-refractivity contribution in [3.05, 3.63) is 82.1 Å². The van der Waals surface area contributed by atoms with Gasteiger partial charge in [-0.3, -0.25) is 9.69 Å². The molecule has 3 atom stereocenters. The van der Waals surface area contributed by atoms with Crippen LogP contribution in [0.3, 0.4) is 0 Å². The lowest BCUT2D eigenvalue weighted by atomic mass is 9.83. The van der Waals surface area contributed by atoms with Gasteiger partial charge in [0.05, 0.1) is 5.69 Å². The number of aliphatic carboxylic acids is 1. The largest absolute Gasteiger partial charge is 0.480 e. The first-order valence-corrected chi connectivity index (χ1v) is 18.4. The van der Waals surface area contributed by atoms with Gasteiger partial charge in [-0.2, -0.15) is 0 Å². The van der Waals surface area contributed by atoms with E-state index < -0.39 is 5.97 Å². The van der Waals surface area contributed by atoms with Crippen LogP contribution in [0.15, 0.2) is 54.6 Å². The number of piperidine rings is 1. The predicted octanol–water partition coefficient (Wildman–Crippen LogP) is 7.61. The number of aromatic nitrogens is 1. The molecule has 8 heteroatoms. The first-order valence-electron chi connectivity index (χ1n) is 17.6.